The summed E-state index contributed by atoms with van der Waals surface area (Å²) >= 11 is 0. The fraction of sp³-hybridized carbons (Fsp3) is 0.222. The molecule has 2 heterocycles. The van der Waals surface area contributed by atoms with Gasteiger partial charge in [-0.15, -0.1) is 0 Å². The first-order chi connectivity index (χ1) is 12.5. The zero-order chi connectivity index (χ0) is 18.3. The maximum Gasteiger partial charge on any atom is 0.269 e. The number of nitrogens with zero attached hydrogens (tertiary/aromatic N) is 3. The number of aromatic nitrogens is 2. The van der Waals surface area contributed by atoms with E-state index in [-0.39, 0.29) is 17.0 Å². The summed E-state index contributed by atoms with van der Waals surface area (Å²) in [5.41, 5.74) is 7.12. The van der Waals surface area contributed by atoms with Crippen LogP contribution < -0.4 is 11.1 Å². The van der Waals surface area contributed by atoms with Crippen molar-refractivity contribution in [2.24, 2.45) is 5.73 Å². The number of benzene rings is 1. The topological polar surface area (TPSA) is 94.4 Å². The van der Waals surface area contributed by atoms with E-state index < -0.39 is 10.0 Å². The first-order valence-corrected chi connectivity index (χ1v) is 9.65. The molecule has 1 saturated carbocycles. The van der Waals surface area contributed by atoms with Gasteiger partial charge in [0.05, 0.1) is 17.2 Å². The predicted octanol–water partition coefficient (Wildman–Crippen LogP) is 2.73. The summed E-state index contributed by atoms with van der Waals surface area (Å²) in [7, 11) is -3.76. The van der Waals surface area contributed by atoms with Gasteiger partial charge in [-0.3, -0.25) is 0 Å². The van der Waals surface area contributed by atoms with Gasteiger partial charge in [-0.1, -0.05) is 18.2 Å². The van der Waals surface area contributed by atoms with Crippen LogP contribution in [0.15, 0.2) is 53.7 Å². The lowest BCUT2D eigenvalue weighted by atomic mass is 9.87. The molecular formula is C18H17N5O2S. The number of fused-ring (bicyclic) bond motifs is 1. The van der Waals surface area contributed by atoms with Crippen molar-refractivity contribution in [3.05, 3.63) is 60.2 Å². The lowest BCUT2D eigenvalue weighted by Gasteiger charge is -2.34. The maximum absolute atomic E-state index is 12.9. The summed E-state index contributed by atoms with van der Waals surface area (Å²) in [6, 6.07) is 10.2. The van der Waals surface area contributed by atoms with Crippen molar-refractivity contribution in [1.29, 1.82) is 0 Å². The van der Waals surface area contributed by atoms with Crippen molar-refractivity contribution in [1.82, 2.24) is 8.96 Å². The smallest absolute Gasteiger partial charge is 0.269 e. The third-order valence-electron chi connectivity index (χ3n) is 4.60. The standard InChI is InChI=1S/C18H17N5O2S/c1-20-16-11-21-18-15(17(16)22-13-9-12(19)10-13)7-8-23(18)26(24,25)14-5-3-2-4-6-14/h2-8,11-13H,9-10,19H2,(H,21,22). The maximum atomic E-state index is 12.9. The molecule has 0 unspecified atom stereocenters. The summed E-state index contributed by atoms with van der Waals surface area (Å²) in [4.78, 5) is 7.94. The number of anilines is 1. The van der Waals surface area contributed by atoms with Gasteiger partial charge in [0.2, 0.25) is 5.69 Å². The number of hydrogen-bond donors (Lipinski definition) is 2. The lowest BCUT2D eigenvalue weighted by Crippen LogP contribution is -2.44. The predicted molar refractivity (Wildman–Crippen MR) is 99.6 cm³/mol. The van der Waals surface area contributed by atoms with Gasteiger partial charge in [0.15, 0.2) is 5.65 Å². The van der Waals surface area contributed by atoms with E-state index >= 15 is 0 Å². The molecule has 1 aliphatic rings. The monoisotopic (exact) mass is 367 g/mol. The van der Waals surface area contributed by atoms with Crippen molar-refractivity contribution < 1.29 is 8.42 Å². The Morgan fingerprint density at radius 1 is 1.23 bits per heavy atom. The van der Waals surface area contributed by atoms with Gasteiger partial charge in [0.1, 0.15) is 0 Å². The summed E-state index contributed by atoms with van der Waals surface area (Å²) in [5, 5.41) is 3.94. The molecule has 1 fully saturated rings. The lowest BCUT2D eigenvalue weighted by molar-refractivity contribution is 0.374. The van der Waals surface area contributed by atoms with Crippen LogP contribution in [0.2, 0.25) is 0 Å². The molecular weight excluding hydrogens is 350 g/mol. The Balaban J connectivity index is 1.83. The highest BCUT2D eigenvalue weighted by Gasteiger charge is 2.28. The molecule has 26 heavy (non-hydrogen) atoms. The van der Waals surface area contributed by atoms with E-state index in [2.05, 4.69) is 15.1 Å². The molecule has 4 rings (SSSR count). The SMILES string of the molecule is [C-]#[N+]c1cnc2c(ccn2S(=O)(=O)c2ccccc2)c1NC1CC(N)C1. The molecule has 0 saturated heterocycles. The second kappa shape index (κ2) is 6.12. The minimum Gasteiger partial charge on any atom is -0.390 e. The first kappa shape index (κ1) is 16.6. The third kappa shape index (κ3) is 2.62. The second-order valence-electron chi connectivity index (χ2n) is 6.37. The van der Waals surface area contributed by atoms with Crippen molar-refractivity contribution in [3.63, 3.8) is 0 Å². The van der Waals surface area contributed by atoms with Gasteiger partial charge in [-0.25, -0.2) is 22.2 Å². The minimum absolute atomic E-state index is 0.171. The molecule has 0 atom stereocenters. The fourth-order valence-corrected chi connectivity index (χ4v) is 4.50. The Bertz CT molecular complexity index is 1110. The van der Waals surface area contributed by atoms with Crippen LogP contribution in [0.5, 0.6) is 0 Å². The molecule has 2 aromatic heterocycles. The highest BCUT2D eigenvalue weighted by Crippen LogP contribution is 2.36. The number of rotatable bonds is 4. The van der Waals surface area contributed by atoms with Gasteiger partial charge < -0.3 is 11.1 Å². The summed E-state index contributed by atoms with van der Waals surface area (Å²) in [5.74, 6) is 0. The van der Waals surface area contributed by atoms with Crippen LogP contribution in [0.3, 0.4) is 0 Å². The van der Waals surface area contributed by atoms with Crippen LogP contribution in [0.25, 0.3) is 15.9 Å². The first-order valence-electron chi connectivity index (χ1n) is 8.21. The molecule has 132 valence electrons. The fourth-order valence-electron chi connectivity index (χ4n) is 3.17. The minimum atomic E-state index is -3.76. The Labute approximate surface area is 151 Å². The summed E-state index contributed by atoms with van der Waals surface area (Å²) in [6.07, 6.45) is 4.53. The van der Waals surface area contributed by atoms with E-state index in [9.17, 15) is 8.42 Å². The van der Waals surface area contributed by atoms with Crippen molar-refractivity contribution in [3.8, 4) is 0 Å². The van der Waals surface area contributed by atoms with E-state index in [1.54, 1.807) is 36.4 Å². The second-order valence-corrected chi connectivity index (χ2v) is 8.18. The molecule has 0 spiro atoms. The molecule has 7 nitrogen and oxygen atoms in total. The van der Waals surface area contributed by atoms with Crippen LogP contribution in [0, 0.1) is 6.57 Å². The van der Waals surface area contributed by atoms with E-state index in [1.165, 1.54) is 12.4 Å². The highest BCUT2D eigenvalue weighted by molar-refractivity contribution is 7.90. The van der Waals surface area contributed by atoms with Crippen molar-refractivity contribution in [2.75, 3.05) is 5.32 Å². The largest absolute Gasteiger partial charge is 0.390 e. The summed E-state index contributed by atoms with van der Waals surface area (Å²) < 4.78 is 27.0. The van der Waals surface area contributed by atoms with Gasteiger partial charge in [0, 0.05) is 29.9 Å². The zero-order valence-electron chi connectivity index (χ0n) is 13.8. The zero-order valence-corrected chi connectivity index (χ0v) is 14.6. The van der Waals surface area contributed by atoms with Crippen LogP contribution in [0.4, 0.5) is 11.4 Å². The Morgan fingerprint density at radius 3 is 2.62 bits per heavy atom. The molecule has 3 aromatic rings. The normalized spacial score (nSPS) is 19.7. The number of nitrogens with two attached hydrogens (primary N) is 1. The van der Waals surface area contributed by atoms with E-state index in [4.69, 9.17) is 12.3 Å². The molecule has 0 bridgehead atoms. The molecule has 0 radical (unpaired) electrons. The molecule has 0 aliphatic heterocycles. The number of hydrogen-bond acceptors (Lipinski definition) is 5. The molecule has 1 aromatic carbocycles. The molecule has 0 amide bonds. The van der Waals surface area contributed by atoms with E-state index in [0.29, 0.717) is 22.4 Å². The highest BCUT2D eigenvalue weighted by atomic mass is 32.2. The van der Waals surface area contributed by atoms with Crippen LogP contribution in [-0.2, 0) is 10.0 Å². The van der Waals surface area contributed by atoms with Crippen LogP contribution in [-0.4, -0.2) is 29.5 Å². The average Bonchev–Trinajstić information content (AvgIpc) is 3.06. The van der Waals surface area contributed by atoms with Gasteiger partial charge >= 0.3 is 0 Å². The Hall–Kier alpha value is -2.89. The van der Waals surface area contributed by atoms with Gasteiger partial charge in [-0.05, 0) is 31.0 Å². The Kier molecular flexibility index (Phi) is 3.90. The quantitative estimate of drug-likeness (QED) is 0.692. The van der Waals surface area contributed by atoms with E-state index in [1.807, 2.05) is 0 Å². The third-order valence-corrected chi connectivity index (χ3v) is 6.28. The average molecular weight is 367 g/mol. The van der Waals surface area contributed by atoms with Gasteiger partial charge in [-0.2, -0.15) is 0 Å². The van der Waals surface area contributed by atoms with Crippen LogP contribution >= 0.6 is 0 Å². The van der Waals surface area contributed by atoms with Crippen molar-refractivity contribution >= 4 is 32.4 Å². The number of pyridine rings is 1. The molecule has 8 heteroatoms. The van der Waals surface area contributed by atoms with Crippen molar-refractivity contribution in [2.45, 2.75) is 29.8 Å². The van der Waals surface area contributed by atoms with Gasteiger partial charge in [0.25, 0.3) is 10.0 Å². The Morgan fingerprint density at radius 2 is 1.96 bits per heavy atom. The summed E-state index contributed by atoms with van der Waals surface area (Å²) in [6.45, 7) is 7.38. The molecule has 3 N–H and O–H groups in total. The van der Waals surface area contributed by atoms with E-state index in [0.717, 1.165) is 16.8 Å². The number of nitrogens with one attached hydrogen (secondary N) is 1. The van der Waals surface area contributed by atoms with Crippen LogP contribution in [0.1, 0.15) is 12.8 Å². The molecule has 1 aliphatic carbocycles.